The first-order chi connectivity index (χ1) is 15.1. The maximum Gasteiger partial charge on any atom is 0.246 e. The third kappa shape index (κ3) is 7.62. The number of carbonyl (C=O) groups is 1. The first kappa shape index (κ1) is 22.7. The zero-order valence-electron chi connectivity index (χ0n) is 17.7. The number of aromatic nitrogens is 1. The normalized spacial score (nSPS) is 11.1. The summed E-state index contributed by atoms with van der Waals surface area (Å²) in [7, 11) is 0. The average molecular weight is 426 g/mol. The van der Waals surface area contributed by atoms with Gasteiger partial charge in [0.2, 0.25) is 5.91 Å². The summed E-state index contributed by atoms with van der Waals surface area (Å²) in [5.74, 6) is 0.0591. The molecule has 3 aromatic rings. The van der Waals surface area contributed by atoms with E-state index in [9.17, 15) is 9.18 Å². The van der Waals surface area contributed by atoms with Gasteiger partial charge in [0.05, 0.1) is 6.61 Å². The lowest BCUT2D eigenvalue weighted by Gasteiger charge is -2.20. The molecule has 164 valence electrons. The van der Waals surface area contributed by atoms with Gasteiger partial charge in [-0.3, -0.25) is 9.69 Å². The van der Waals surface area contributed by atoms with Gasteiger partial charge in [0, 0.05) is 31.3 Å². The molecule has 0 fully saturated rings. The Balaban J connectivity index is 1.30. The van der Waals surface area contributed by atoms with E-state index in [-0.39, 0.29) is 24.9 Å². The van der Waals surface area contributed by atoms with E-state index >= 15 is 0 Å². The van der Waals surface area contributed by atoms with Gasteiger partial charge < -0.3 is 14.6 Å². The van der Waals surface area contributed by atoms with Crippen LogP contribution in [0.5, 0.6) is 0 Å². The van der Waals surface area contributed by atoms with Gasteiger partial charge >= 0.3 is 0 Å². The van der Waals surface area contributed by atoms with Crippen LogP contribution in [0.15, 0.2) is 65.2 Å². The number of rotatable bonds is 12. The van der Waals surface area contributed by atoms with Crippen LogP contribution < -0.4 is 5.32 Å². The smallest absolute Gasteiger partial charge is 0.246 e. The molecular weight excluding hydrogens is 397 g/mol. The quantitative estimate of drug-likeness (QED) is 0.444. The van der Waals surface area contributed by atoms with Crippen molar-refractivity contribution in [2.24, 2.45) is 0 Å². The van der Waals surface area contributed by atoms with Crippen LogP contribution >= 0.6 is 0 Å². The molecule has 1 aromatic heterocycles. The van der Waals surface area contributed by atoms with Gasteiger partial charge in [-0.1, -0.05) is 42.4 Å². The van der Waals surface area contributed by atoms with Crippen LogP contribution in [0, 0.1) is 5.82 Å². The summed E-state index contributed by atoms with van der Waals surface area (Å²) in [5, 5.41) is 6.80. The molecule has 0 atom stereocenters. The number of amides is 1. The fourth-order valence-electron chi connectivity index (χ4n) is 3.15. The number of nitrogens with zero attached hydrogens (tertiary/aromatic N) is 2. The molecule has 0 aliphatic carbocycles. The zero-order chi connectivity index (χ0) is 21.9. The number of benzene rings is 2. The first-order valence-corrected chi connectivity index (χ1v) is 10.5. The Hall–Kier alpha value is -3.03. The number of ether oxygens (including phenoxy) is 1. The second-order valence-electron chi connectivity index (χ2n) is 7.24. The average Bonchev–Trinajstić information content (AvgIpc) is 3.26. The lowest BCUT2D eigenvalue weighted by atomic mass is 10.1. The van der Waals surface area contributed by atoms with Crippen molar-refractivity contribution in [1.82, 2.24) is 15.4 Å². The van der Waals surface area contributed by atoms with Crippen LogP contribution in [-0.4, -0.2) is 42.2 Å². The van der Waals surface area contributed by atoms with E-state index in [0.717, 1.165) is 31.6 Å². The van der Waals surface area contributed by atoms with Crippen molar-refractivity contribution in [1.29, 1.82) is 0 Å². The van der Waals surface area contributed by atoms with E-state index in [1.165, 1.54) is 17.7 Å². The molecule has 1 heterocycles. The highest BCUT2D eigenvalue weighted by Crippen LogP contribution is 2.20. The summed E-state index contributed by atoms with van der Waals surface area (Å²) in [6, 6.07) is 18.0. The van der Waals surface area contributed by atoms with Gasteiger partial charge in [-0.05, 0) is 42.8 Å². The second-order valence-corrected chi connectivity index (χ2v) is 7.24. The summed E-state index contributed by atoms with van der Waals surface area (Å²) in [6.07, 6.45) is 0.872. The number of nitrogens with one attached hydrogen (secondary N) is 1. The maximum absolute atomic E-state index is 13.0. The van der Waals surface area contributed by atoms with Crippen LogP contribution in [-0.2, 0) is 22.7 Å². The fourth-order valence-corrected chi connectivity index (χ4v) is 3.15. The van der Waals surface area contributed by atoms with E-state index in [1.54, 1.807) is 18.2 Å². The van der Waals surface area contributed by atoms with Gasteiger partial charge in [0.1, 0.15) is 18.1 Å². The Bertz CT molecular complexity index is 929. The zero-order valence-corrected chi connectivity index (χ0v) is 17.7. The predicted molar refractivity (Wildman–Crippen MR) is 117 cm³/mol. The van der Waals surface area contributed by atoms with Gasteiger partial charge in [-0.25, -0.2) is 4.39 Å². The Morgan fingerprint density at radius 1 is 1.16 bits per heavy atom. The van der Waals surface area contributed by atoms with Crippen LogP contribution in [0.1, 0.15) is 24.6 Å². The Morgan fingerprint density at radius 3 is 2.68 bits per heavy atom. The minimum Gasteiger partial charge on any atom is -0.365 e. The Labute approximate surface area is 182 Å². The predicted octanol–water partition coefficient (Wildman–Crippen LogP) is 4.03. The summed E-state index contributed by atoms with van der Waals surface area (Å²) < 4.78 is 23.7. The molecule has 1 amide bonds. The van der Waals surface area contributed by atoms with Crippen molar-refractivity contribution in [3.05, 3.63) is 77.7 Å². The van der Waals surface area contributed by atoms with Gasteiger partial charge in [0.25, 0.3) is 0 Å². The van der Waals surface area contributed by atoms with Crippen LogP contribution in [0.4, 0.5) is 4.39 Å². The molecule has 3 rings (SSSR count). The Kier molecular flexibility index (Phi) is 8.75. The standard InChI is InChI=1S/C24H28FN3O3/c1-2-28(16-19-7-4-3-5-8-19)14-6-13-26-24(29)18-30-17-22-15-23(31-27-22)20-9-11-21(25)12-10-20/h3-5,7-12,15H,2,6,13-14,16-18H2,1H3,(H,26,29). The van der Waals surface area contributed by atoms with E-state index in [0.29, 0.717) is 18.0 Å². The van der Waals surface area contributed by atoms with Crippen molar-refractivity contribution in [2.45, 2.75) is 26.5 Å². The highest BCUT2D eigenvalue weighted by molar-refractivity contribution is 5.77. The molecule has 6 nitrogen and oxygen atoms in total. The van der Waals surface area contributed by atoms with Crippen LogP contribution in [0.25, 0.3) is 11.3 Å². The van der Waals surface area contributed by atoms with Crippen LogP contribution in [0.2, 0.25) is 0 Å². The molecule has 0 aliphatic heterocycles. The maximum atomic E-state index is 13.0. The molecule has 31 heavy (non-hydrogen) atoms. The molecule has 2 aromatic carbocycles. The minimum absolute atomic E-state index is 0.0414. The van der Waals surface area contributed by atoms with Crippen molar-refractivity contribution >= 4 is 5.91 Å². The van der Waals surface area contributed by atoms with Gasteiger partial charge in [-0.15, -0.1) is 0 Å². The molecule has 0 aliphatic rings. The molecule has 0 radical (unpaired) electrons. The largest absolute Gasteiger partial charge is 0.365 e. The van der Waals surface area contributed by atoms with E-state index in [2.05, 4.69) is 34.4 Å². The number of halogens is 1. The molecule has 0 bridgehead atoms. The minimum atomic E-state index is -0.309. The second kappa shape index (κ2) is 12.0. The SMILES string of the molecule is CCN(CCCNC(=O)COCc1cc(-c2ccc(F)cc2)on1)Cc1ccccc1. The molecule has 0 spiro atoms. The third-order valence-electron chi connectivity index (χ3n) is 4.84. The monoisotopic (exact) mass is 425 g/mol. The summed E-state index contributed by atoms with van der Waals surface area (Å²) in [6.45, 7) is 5.65. The molecule has 7 heteroatoms. The number of hydrogen-bond acceptors (Lipinski definition) is 5. The van der Waals surface area contributed by atoms with Crippen molar-refractivity contribution < 1.29 is 18.4 Å². The molecular formula is C24H28FN3O3. The topological polar surface area (TPSA) is 67.6 Å². The van der Waals surface area contributed by atoms with E-state index in [4.69, 9.17) is 9.26 Å². The summed E-state index contributed by atoms with van der Waals surface area (Å²) >= 11 is 0. The lowest BCUT2D eigenvalue weighted by Crippen LogP contribution is -2.31. The molecule has 0 unspecified atom stereocenters. The fraction of sp³-hybridized carbons (Fsp3) is 0.333. The summed E-state index contributed by atoms with van der Waals surface area (Å²) in [5.41, 5.74) is 2.59. The lowest BCUT2D eigenvalue weighted by molar-refractivity contribution is -0.126. The van der Waals surface area contributed by atoms with E-state index < -0.39 is 0 Å². The van der Waals surface area contributed by atoms with Gasteiger partial charge in [0.15, 0.2) is 5.76 Å². The Morgan fingerprint density at radius 2 is 1.94 bits per heavy atom. The molecule has 0 saturated heterocycles. The highest BCUT2D eigenvalue weighted by Gasteiger charge is 2.09. The van der Waals surface area contributed by atoms with Crippen LogP contribution in [0.3, 0.4) is 0 Å². The summed E-state index contributed by atoms with van der Waals surface area (Å²) in [4.78, 5) is 14.3. The molecule has 0 saturated carbocycles. The first-order valence-electron chi connectivity index (χ1n) is 10.5. The third-order valence-corrected chi connectivity index (χ3v) is 4.84. The van der Waals surface area contributed by atoms with Gasteiger partial charge in [-0.2, -0.15) is 0 Å². The number of hydrogen-bond donors (Lipinski definition) is 1. The molecule has 1 N–H and O–H groups in total. The van der Waals surface area contributed by atoms with Crippen molar-refractivity contribution in [3.8, 4) is 11.3 Å². The highest BCUT2D eigenvalue weighted by atomic mass is 19.1. The van der Waals surface area contributed by atoms with Crippen molar-refractivity contribution in [3.63, 3.8) is 0 Å². The number of carbonyl (C=O) groups excluding carboxylic acids is 1. The van der Waals surface area contributed by atoms with Crippen molar-refractivity contribution in [2.75, 3.05) is 26.2 Å². The van der Waals surface area contributed by atoms with E-state index in [1.807, 2.05) is 18.2 Å².